The first kappa shape index (κ1) is 15.1. The van der Waals surface area contributed by atoms with Gasteiger partial charge in [0, 0.05) is 10.8 Å². The number of fused-ring (bicyclic) bond motifs is 1. The minimum Gasteiger partial charge on any atom is -0.508 e. The van der Waals surface area contributed by atoms with E-state index in [4.69, 9.17) is 4.74 Å². The van der Waals surface area contributed by atoms with Crippen LogP contribution in [0.4, 0.5) is 0 Å². The zero-order valence-corrected chi connectivity index (χ0v) is 14.6. The Morgan fingerprint density at radius 1 is 1.26 bits per heavy atom. The van der Waals surface area contributed by atoms with Gasteiger partial charge in [-0.05, 0) is 68.2 Å². The van der Waals surface area contributed by atoms with Gasteiger partial charge in [-0.25, -0.2) is 0 Å². The van der Waals surface area contributed by atoms with Gasteiger partial charge in [0.25, 0.3) is 0 Å². The maximum absolute atomic E-state index is 9.89. The Morgan fingerprint density at radius 2 is 2.04 bits per heavy atom. The lowest BCUT2D eigenvalue weighted by molar-refractivity contribution is -0.202. The van der Waals surface area contributed by atoms with Crippen LogP contribution in [0.1, 0.15) is 58.4 Å². The minimum absolute atomic E-state index is 0.0576. The first-order valence-electron chi connectivity index (χ1n) is 9.02. The Bertz CT molecular complexity index is 678. The Hall–Kier alpha value is -1.44. The molecule has 3 aliphatic rings. The van der Waals surface area contributed by atoms with Gasteiger partial charge in [-0.2, -0.15) is 0 Å². The van der Waals surface area contributed by atoms with Crippen LogP contribution in [0, 0.1) is 16.7 Å². The van der Waals surface area contributed by atoms with Crippen LogP contribution in [0.15, 0.2) is 30.4 Å². The summed E-state index contributed by atoms with van der Waals surface area (Å²) in [6.45, 7) is 11.7. The van der Waals surface area contributed by atoms with Crippen molar-refractivity contribution in [2.24, 2.45) is 16.7 Å². The highest BCUT2D eigenvalue weighted by Crippen LogP contribution is 2.68. The number of ether oxygens (including phenoxy) is 1. The second-order valence-corrected chi connectivity index (χ2v) is 8.54. The van der Waals surface area contributed by atoms with E-state index in [0.717, 1.165) is 30.6 Å². The van der Waals surface area contributed by atoms with Crippen LogP contribution in [0.25, 0.3) is 0 Å². The summed E-state index contributed by atoms with van der Waals surface area (Å²) in [7, 11) is 0. The molecular weight excluding hydrogens is 284 g/mol. The molecule has 1 aliphatic heterocycles. The highest BCUT2D eigenvalue weighted by Gasteiger charge is 2.68. The fraction of sp³-hybridized carbons (Fsp3) is 0.619. The summed E-state index contributed by atoms with van der Waals surface area (Å²) < 4.78 is 6.86. The molecule has 2 aliphatic carbocycles. The summed E-state index contributed by atoms with van der Waals surface area (Å²) in [5.41, 5.74) is 2.53. The van der Waals surface area contributed by atoms with Crippen LogP contribution < -0.4 is 4.74 Å². The van der Waals surface area contributed by atoms with Gasteiger partial charge in [-0.15, -0.1) is 0 Å². The lowest BCUT2D eigenvalue weighted by Gasteiger charge is -2.67. The molecule has 0 unspecified atom stereocenters. The summed E-state index contributed by atoms with van der Waals surface area (Å²) in [5, 5.41) is 9.89. The van der Waals surface area contributed by atoms with Gasteiger partial charge in [0.15, 0.2) is 0 Å². The van der Waals surface area contributed by atoms with Gasteiger partial charge in [-0.3, -0.25) is 0 Å². The second kappa shape index (κ2) is 4.55. The maximum Gasteiger partial charge on any atom is 0.124 e. The van der Waals surface area contributed by atoms with Gasteiger partial charge in [0.05, 0.1) is 0 Å². The molecule has 2 heteroatoms. The molecule has 1 N–H and O–H groups in total. The normalized spacial score (nSPS) is 42.2. The molecule has 0 radical (unpaired) electrons. The molecule has 2 nitrogen and oxygen atoms in total. The van der Waals surface area contributed by atoms with Crippen molar-refractivity contribution >= 4 is 0 Å². The molecule has 2 fully saturated rings. The first-order chi connectivity index (χ1) is 10.8. The Balaban J connectivity index is 1.93. The monoisotopic (exact) mass is 312 g/mol. The molecule has 2 saturated carbocycles. The number of rotatable bonds is 0. The second-order valence-electron chi connectivity index (χ2n) is 8.54. The van der Waals surface area contributed by atoms with E-state index in [1.165, 1.54) is 24.8 Å². The molecule has 4 atom stereocenters. The molecule has 0 amide bonds. The average molecular weight is 312 g/mol. The van der Waals surface area contributed by atoms with E-state index in [2.05, 4.69) is 27.4 Å². The standard InChI is InChI=1S/C21H28O2/c1-14-6-5-10-21-19(14,3)11-9-15(2)20(21,4)13-16-12-17(22)7-8-18(16)23-21/h7-8,12,15,22H,1,5-6,9-11,13H2,2-4H3/t15-,19-,20+,21+/m0/s1. The number of hydrogen-bond donors (Lipinski definition) is 1. The van der Waals surface area contributed by atoms with Crippen molar-refractivity contribution in [2.75, 3.05) is 0 Å². The third-order valence-electron chi connectivity index (χ3n) is 7.65. The van der Waals surface area contributed by atoms with Gasteiger partial charge in [0.2, 0.25) is 0 Å². The van der Waals surface area contributed by atoms with Gasteiger partial charge in [-0.1, -0.05) is 32.9 Å². The van der Waals surface area contributed by atoms with Crippen LogP contribution >= 0.6 is 0 Å². The molecule has 0 aromatic heterocycles. The third kappa shape index (κ3) is 1.70. The molecule has 1 aromatic carbocycles. The largest absolute Gasteiger partial charge is 0.508 e. The first-order valence-corrected chi connectivity index (χ1v) is 9.02. The lowest BCUT2D eigenvalue weighted by atomic mass is 9.42. The quantitative estimate of drug-likeness (QED) is 0.663. The Kier molecular flexibility index (Phi) is 2.99. The minimum atomic E-state index is -0.156. The van der Waals surface area contributed by atoms with Crippen molar-refractivity contribution in [3.05, 3.63) is 35.9 Å². The summed E-state index contributed by atoms with van der Waals surface area (Å²) in [6, 6.07) is 5.60. The van der Waals surface area contributed by atoms with Gasteiger partial charge < -0.3 is 9.84 Å². The van der Waals surface area contributed by atoms with Gasteiger partial charge >= 0.3 is 0 Å². The molecule has 1 heterocycles. The lowest BCUT2D eigenvalue weighted by Crippen LogP contribution is -2.69. The molecule has 23 heavy (non-hydrogen) atoms. The zero-order chi connectivity index (χ0) is 16.5. The molecule has 1 aromatic rings. The van der Waals surface area contributed by atoms with Crippen molar-refractivity contribution in [2.45, 2.75) is 64.9 Å². The predicted molar refractivity (Wildman–Crippen MR) is 92.8 cm³/mol. The molecule has 0 bridgehead atoms. The van der Waals surface area contributed by atoms with Crippen molar-refractivity contribution in [3.63, 3.8) is 0 Å². The van der Waals surface area contributed by atoms with E-state index in [1.807, 2.05) is 12.1 Å². The predicted octanol–water partition coefficient (Wildman–Crippen LogP) is 5.25. The molecule has 0 saturated heterocycles. The van der Waals surface area contributed by atoms with Crippen molar-refractivity contribution in [3.8, 4) is 11.5 Å². The van der Waals surface area contributed by atoms with Crippen molar-refractivity contribution in [1.29, 1.82) is 0 Å². The topological polar surface area (TPSA) is 29.5 Å². The third-order valence-corrected chi connectivity index (χ3v) is 7.65. The van der Waals surface area contributed by atoms with Crippen molar-refractivity contribution < 1.29 is 9.84 Å². The Labute approximate surface area is 139 Å². The molecule has 4 rings (SSSR count). The van der Waals surface area contributed by atoms with E-state index in [0.29, 0.717) is 11.7 Å². The highest BCUT2D eigenvalue weighted by atomic mass is 16.5. The van der Waals surface area contributed by atoms with Crippen LogP contribution in [0.3, 0.4) is 0 Å². The van der Waals surface area contributed by atoms with Crippen LogP contribution in [-0.4, -0.2) is 10.7 Å². The molecule has 1 spiro atoms. The number of aromatic hydroxyl groups is 1. The number of benzene rings is 1. The Morgan fingerprint density at radius 3 is 2.83 bits per heavy atom. The van der Waals surface area contributed by atoms with E-state index < -0.39 is 0 Å². The maximum atomic E-state index is 9.89. The van der Waals surface area contributed by atoms with Gasteiger partial charge in [0.1, 0.15) is 17.1 Å². The molecular formula is C21H28O2. The smallest absolute Gasteiger partial charge is 0.124 e. The fourth-order valence-corrected chi connectivity index (χ4v) is 5.89. The summed E-state index contributed by atoms with van der Waals surface area (Å²) in [6.07, 6.45) is 6.81. The zero-order valence-electron chi connectivity index (χ0n) is 14.6. The van der Waals surface area contributed by atoms with Crippen LogP contribution in [0.2, 0.25) is 0 Å². The summed E-state index contributed by atoms with van der Waals surface area (Å²) in [4.78, 5) is 0. The number of hydrogen-bond acceptors (Lipinski definition) is 2. The van der Waals surface area contributed by atoms with Crippen molar-refractivity contribution in [1.82, 2.24) is 0 Å². The molecule has 124 valence electrons. The van der Waals surface area contributed by atoms with E-state index in [-0.39, 0.29) is 16.4 Å². The highest BCUT2D eigenvalue weighted by molar-refractivity contribution is 5.45. The fourth-order valence-electron chi connectivity index (χ4n) is 5.89. The summed E-state index contributed by atoms with van der Waals surface area (Å²) in [5.74, 6) is 1.92. The van der Waals surface area contributed by atoms with E-state index in [1.54, 1.807) is 6.07 Å². The summed E-state index contributed by atoms with van der Waals surface area (Å²) >= 11 is 0. The number of phenols is 1. The van der Waals surface area contributed by atoms with Crippen LogP contribution in [-0.2, 0) is 6.42 Å². The number of phenolic OH excluding ortho intramolecular Hbond substituents is 1. The average Bonchev–Trinajstić information content (AvgIpc) is 2.50. The van der Waals surface area contributed by atoms with E-state index >= 15 is 0 Å². The van der Waals surface area contributed by atoms with E-state index in [9.17, 15) is 5.11 Å². The SMILES string of the molecule is C=C1CCC[C@]23Oc4ccc(O)cc4C[C@]2(C)[C@@H](C)CC[C@@]13C. The van der Waals surface area contributed by atoms with Crippen LogP contribution in [0.5, 0.6) is 11.5 Å².